The molecule has 0 radical (unpaired) electrons. The summed E-state index contributed by atoms with van der Waals surface area (Å²) in [6.07, 6.45) is 1.62. The Morgan fingerprint density at radius 3 is 2.33 bits per heavy atom. The second-order valence-corrected chi connectivity index (χ2v) is 4.37. The van der Waals surface area contributed by atoms with Gasteiger partial charge in [0.15, 0.2) is 0 Å². The Kier molecular flexibility index (Phi) is 3.34. The lowest BCUT2D eigenvalue weighted by molar-refractivity contribution is -0.142. The average Bonchev–Trinajstić information content (AvgIpc) is 2.96. The summed E-state index contributed by atoms with van der Waals surface area (Å²) in [7, 11) is 0. The number of hydrogen-bond donors (Lipinski definition) is 3. The predicted molar refractivity (Wildman–Crippen MR) is 55.1 cm³/mol. The van der Waals surface area contributed by atoms with Gasteiger partial charge in [-0.1, -0.05) is 0 Å². The Labute approximate surface area is 89.0 Å². The Balaban J connectivity index is 2.48. The van der Waals surface area contributed by atoms with Crippen LogP contribution in [0, 0.1) is 11.3 Å². The first-order chi connectivity index (χ1) is 6.93. The molecule has 4 N–H and O–H groups in total. The molecular formula is C10H18N2O3. The van der Waals surface area contributed by atoms with Crippen molar-refractivity contribution in [3.05, 3.63) is 0 Å². The van der Waals surface area contributed by atoms with Gasteiger partial charge >= 0.3 is 5.97 Å². The fourth-order valence-electron chi connectivity index (χ4n) is 1.37. The van der Waals surface area contributed by atoms with Gasteiger partial charge in [0.2, 0.25) is 5.91 Å². The molecule has 0 heterocycles. The van der Waals surface area contributed by atoms with Crippen LogP contribution in [0.5, 0.6) is 0 Å². The molecule has 1 aliphatic rings. The number of nitrogens with one attached hydrogen (secondary N) is 1. The van der Waals surface area contributed by atoms with Gasteiger partial charge in [-0.3, -0.25) is 9.59 Å². The predicted octanol–water partition coefficient (Wildman–Crippen LogP) is -0.0493. The van der Waals surface area contributed by atoms with E-state index in [1.165, 1.54) is 0 Å². The Morgan fingerprint density at radius 2 is 2.00 bits per heavy atom. The number of carbonyl (C=O) groups excluding carboxylic acids is 1. The molecule has 0 aromatic heterocycles. The van der Waals surface area contributed by atoms with Crippen molar-refractivity contribution >= 4 is 11.9 Å². The molecule has 86 valence electrons. The second kappa shape index (κ2) is 4.18. The van der Waals surface area contributed by atoms with Gasteiger partial charge in [0.25, 0.3) is 0 Å². The van der Waals surface area contributed by atoms with Crippen molar-refractivity contribution in [1.82, 2.24) is 5.32 Å². The molecule has 0 saturated heterocycles. The Bertz CT molecular complexity index is 274. The van der Waals surface area contributed by atoms with Gasteiger partial charge in [-0.15, -0.1) is 0 Å². The van der Waals surface area contributed by atoms with Crippen LogP contribution in [0.2, 0.25) is 0 Å². The quantitative estimate of drug-likeness (QED) is 0.598. The minimum Gasteiger partial charge on any atom is -0.481 e. The molecule has 5 nitrogen and oxygen atoms in total. The van der Waals surface area contributed by atoms with Crippen LogP contribution >= 0.6 is 0 Å². The number of carbonyl (C=O) groups is 2. The SMILES string of the molecule is CC(NC(=O)C1(CN)CC1)C(C)C(=O)O. The lowest BCUT2D eigenvalue weighted by Gasteiger charge is -2.21. The van der Waals surface area contributed by atoms with Gasteiger partial charge < -0.3 is 16.2 Å². The van der Waals surface area contributed by atoms with Crippen molar-refractivity contribution in [2.45, 2.75) is 32.7 Å². The highest BCUT2D eigenvalue weighted by Crippen LogP contribution is 2.44. The highest BCUT2D eigenvalue weighted by atomic mass is 16.4. The van der Waals surface area contributed by atoms with E-state index in [-0.39, 0.29) is 11.9 Å². The van der Waals surface area contributed by atoms with Gasteiger partial charge in [0.1, 0.15) is 0 Å². The molecule has 0 aromatic rings. The first-order valence-corrected chi connectivity index (χ1v) is 5.17. The van der Waals surface area contributed by atoms with Crippen LogP contribution in [0.25, 0.3) is 0 Å². The minimum atomic E-state index is -0.902. The molecule has 1 fully saturated rings. The van der Waals surface area contributed by atoms with Crippen LogP contribution in [0.3, 0.4) is 0 Å². The van der Waals surface area contributed by atoms with Gasteiger partial charge in [0.05, 0.1) is 11.3 Å². The smallest absolute Gasteiger partial charge is 0.308 e. The molecule has 2 unspecified atom stereocenters. The number of nitrogens with two attached hydrogens (primary N) is 1. The van der Waals surface area contributed by atoms with Gasteiger partial charge in [-0.2, -0.15) is 0 Å². The number of carboxylic acid groups (broad SMARTS) is 1. The molecule has 1 rings (SSSR count). The largest absolute Gasteiger partial charge is 0.481 e. The van der Waals surface area contributed by atoms with Crippen molar-refractivity contribution in [3.8, 4) is 0 Å². The molecule has 0 spiro atoms. The molecule has 1 saturated carbocycles. The molecule has 1 amide bonds. The maximum atomic E-state index is 11.7. The molecular weight excluding hydrogens is 196 g/mol. The van der Waals surface area contributed by atoms with Crippen LogP contribution < -0.4 is 11.1 Å². The lowest BCUT2D eigenvalue weighted by Crippen LogP contribution is -2.45. The molecule has 0 aromatic carbocycles. The van der Waals surface area contributed by atoms with E-state index in [2.05, 4.69) is 5.32 Å². The molecule has 1 aliphatic carbocycles. The van der Waals surface area contributed by atoms with Crippen molar-refractivity contribution in [3.63, 3.8) is 0 Å². The van der Waals surface area contributed by atoms with Crippen LogP contribution in [0.15, 0.2) is 0 Å². The third-order valence-corrected chi connectivity index (χ3v) is 3.22. The van der Waals surface area contributed by atoms with E-state index in [0.29, 0.717) is 6.54 Å². The Morgan fingerprint density at radius 1 is 1.47 bits per heavy atom. The van der Waals surface area contributed by atoms with Crippen LogP contribution in [-0.4, -0.2) is 29.6 Å². The summed E-state index contributed by atoms with van der Waals surface area (Å²) in [5.74, 6) is -1.59. The maximum absolute atomic E-state index is 11.7. The third kappa shape index (κ3) is 2.47. The topological polar surface area (TPSA) is 92.4 Å². The number of aliphatic carboxylic acids is 1. The van der Waals surface area contributed by atoms with E-state index in [9.17, 15) is 9.59 Å². The molecule has 15 heavy (non-hydrogen) atoms. The molecule has 5 heteroatoms. The summed E-state index contributed by atoms with van der Waals surface area (Å²) in [4.78, 5) is 22.4. The van der Waals surface area contributed by atoms with Gasteiger partial charge in [-0.05, 0) is 26.7 Å². The first kappa shape index (κ1) is 12.0. The summed E-state index contributed by atoms with van der Waals surface area (Å²) >= 11 is 0. The second-order valence-electron chi connectivity index (χ2n) is 4.37. The highest BCUT2D eigenvalue weighted by Gasteiger charge is 2.49. The number of rotatable bonds is 5. The molecule has 2 atom stereocenters. The van der Waals surface area contributed by atoms with E-state index in [0.717, 1.165) is 12.8 Å². The summed E-state index contributed by atoms with van der Waals surface area (Å²) in [5, 5.41) is 11.5. The monoisotopic (exact) mass is 214 g/mol. The summed E-state index contributed by atoms with van der Waals surface area (Å²) < 4.78 is 0. The zero-order chi connectivity index (χ0) is 11.6. The third-order valence-electron chi connectivity index (χ3n) is 3.22. The lowest BCUT2D eigenvalue weighted by atomic mass is 10.0. The van der Waals surface area contributed by atoms with E-state index in [1.807, 2.05) is 0 Å². The summed E-state index contributed by atoms with van der Waals surface area (Å²) in [6.45, 7) is 3.62. The first-order valence-electron chi connectivity index (χ1n) is 5.17. The number of hydrogen-bond acceptors (Lipinski definition) is 3. The summed E-state index contributed by atoms with van der Waals surface area (Å²) in [6, 6.07) is -0.362. The van der Waals surface area contributed by atoms with E-state index in [4.69, 9.17) is 10.8 Å². The highest BCUT2D eigenvalue weighted by molar-refractivity contribution is 5.86. The maximum Gasteiger partial charge on any atom is 0.308 e. The van der Waals surface area contributed by atoms with Gasteiger partial charge in [-0.25, -0.2) is 0 Å². The number of carboxylic acids is 1. The Hall–Kier alpha value is -1.10. The fourth-order valence-corrected chi connectivity index (χ4v) is 1.37. The fraction of sp³-hybridized carbons (Fsp3) is 0.800. The zero-order valence-corrected chi connectivity index (χ0v) is 9.12. The zero-order valence-electron chi connectivity index (χ0n) is 9.12. The van der Waals surface area contributed by atoms with Gasteiger partial charge in [0, 0.05) is 12.6 Å². The van der Waals surface area contributed by atoms with E-state index in [1.54, 1.807) is 13.8 Å². The van der Waals surface area contributed by atoms with E-state index >= 15 is 0 Å². The van der Waals surface area contributed by atoms with Crippen molar-refractivity contribution < 1.29 is 14.7 Å². The van der Waals surface area contributed by atoms with E-state index < -0.39 is 17.3 Å². The standard InChI is InChI=1S/C10H18N2O3/c1-6(8(13)14)7(2)12-9(15)10(5-11)3-4-10/h6-7H,3-5,11H2,1-2H3,(H,12,15)(H,13,14). The van der Waals surface area contributed by atoms with Crippen molar-refractivity contribution in [2.75, 3.05) is 6.54 Å². The van der Waals surface area contributed by atoms with Crippen LogP contribution in [-0.2, 0) is 9.59 Å². The summed E-state index contributed by atoms with van der Waals surface area (Å²) in [5.41, 5.74) is 5.09. The normalized spacial score (nSPS) is 21.5. The molecule has 0 aliphatic heterocycles. The number of amides is 1. The van der Waals surface area contributed by atoms with Crippen LogP contribution in [0.1, 0.15) is 26.7 Å². The van der Waals surface area contributed by atoms with Crippen molar-refractivity contribution in [1.29, 1.82) is 0 Å². The average molecular weight is 214 g/mol. The molecule has 0 bridgehead atoms. The van der Waals surface area contributed by atoms with Crippen LogP contribution in [0.4, 0.5) is 0 Å². The minimum absolute atomic E-state index is 0.106. The van der Waals surface area contributed by atoms with Crippen molar-refractivity contribution in [2.24, 2.45) is 17.1 Å².